The standard InChI is InChI=1S/C10H15N3O/c1-7(12)13-9-3-4-10(14-2)8(5-9)6-11/h3-5H,6,11H2,1-2H3,(H2,12,13). The summed E-state index contributed by atoms with van der Waals surface area (Å²) < 4.78 is 5.14. The fourth-order valence-corrected chi connectivity index (χ4v) is 1.20. The molecule has 0 bridgehead atoms. The Kier molecular flexibility index (Phi) is 3.48. The number of nitrogens with two attached hydrogens (primary N) is 2. The van der Waals surface area contributed by atoms with Gasteiger partial charge in [0.05, 0.1) is 18.6 Å². The van der Waals surface area contributed by atoms with E-state index in [-0.39, 0.29) is 0 Å². The summed E-state index contributed by atoms with van der Waals surface area (Å²) in [5, 5.41) is 0. The molecule has 0 aliphatic rings. The molecule has 0 radical (unpaired) electrons. The summed E-state index contributed by atoms with van der Waals surface area (Å²) in [6.45, 7) is 2.17. The molecule has 0 saturated heterocycles. The summed E-state index contributed by atoms with van der Waals surface area (Å²) in [5.41, 5.74) is 12.8. The molecule has 1 aromatic carbocycles. The lowest BCUT2D eigenvalue weighted by molar-refractivity contribution is 0.410. The minimum absolute atomic E-state index is 0.427. The van der Waals surface area contributed by atoms with E-state index in [1.165, 1.54) is 0 Å². The molecule has 0 heterocycles. The molecule has 1 aromatic rings. The second-order valence-electron chi connectivity index (χ2n) is 2.95. The van der Waals surface area contributed by atoms with E-state index in [2.05, 4.69) is 4.99 Å². The Morgan fingerprint density at radius 2 is 2.21 bits per heavy atom. The maximum atomic E-state index is 5.57. The van der Waals surface area contributed by atoms with Crippen LogP contribution in [0.25, 0.3) is 0 Å². The minimum Gasteiger partial charge on any atom is -0.496 e. The van der Waals surface area contributed by atoms with Crippen LogP contribution in [-0.4, -0.2) is 12.9 Å². The fourth-order valence-electron chi connectivity index (χ4n) is 1.20. The molecule has 4 nitrogen and oxygen atoms in total. The number of amidine groups is 1. The minimum atomic E-state index is 0.427. The lowest BCUT2D eigenvalue weighted by Crippen LogP contribution is -2.04. The van der Waals surface area contributed by atoms with Gasteiger partial charge in [-0.1, -0.05) is 0 Å². The molecule has 1 rings (SSSR count). The van der Waals surface area contributed by atoms with Gasteiger partial charge in [0.2, 0.25) is 0 Å². The molecule has 0 saturated carbocycles. The average Bonchev–Trinajstić information content (AvgIpc) is 2.16. The van der Waals surface area contributed by atoms with Gasteiger partial charge in [0, 0.05) is 12.1 Å². The van der Waals surface area contributed by atoms with Crippen LogP contribution in [0.5, 0.6) is 5.75 Å². The maximum Gasteiger partial charge on any atom is 0.123 e. The smallest absolute Gasteiger partial charge is 0.123 e. The zero-order chi connectivity index (χ0) is 10.6. The van der Waals surface area contributed by atoms with Crippen molar-refractivity contribution in [3.63, 3.8) is 0 Å². The molecule has 0 spiro atoms. The first-order chi connectivity index (χ1) is 6.67. The van der Waals surface area contributed by atoms with Gasteiger partial charge in [-0.15, -0.1) is 0 Å². The van der Waals surface area contributed by atoms with Gasteiger partial charge in [0.25, 0.3) is 0 Å². The van der Waals surface area contributed by atoms with E-state index >= 15 is 0 Å². The van der Waals surface area contributed by atoms with E-state index in [0.717, 1.165) is 17.0 Å². The van der Waals surface area contributed by atoms with Gasteiger partial charge in [-0.2, -0.15) is 0 Å². The van der Waals surface area contributed by atoms with E-state index in [1.54, 1.807) is 14.0 Å². The van der Waals surface area contributed by atoms with Crippen LogP contribution in [-0.2, 0) is 6.54 Å². The number of hydrogen-bond donors (Lipinski definition) is 2. The quantitative estimate of drug-likeness (QED) is 0.559. The number of nitrogens with zero attached hydrogens (tertiary/aromatic N) is 1. The summed E-state index contributed by atoms with van der Waals surface area (Å²) in [6, 6.07) is 5.55. The Morgan fingerprint density at radius 3 is 2.71 bits per heavy atom. The van der Waals surface area contributed by atoms with E-state index in [0.29, 0.717) is 12.4 Å². The predicted molar refractivity (Wildman–Crippen MR) is 57.8 cm³/mol. The molecule has 76 valence electrons. The zero-order valence-electron chi connectivity index (χ0n) is 8.45. The first kappa shape index (κ1) is 10.5. The maximum absolute atomic E-state index is 5.57. The number of methoxy groups -OCH3 is 1. The van der Waals surface area contributed by atoms with Crippen molar-refractivity contribution >= 4 is 11.5 Å². The van der Waals surface area contributed by atoms with Crippen molar-refractivity contribution in [3.05, 3.63) is 23.8 Å². The van der Waals surface area contributed by atoms with Crippen molar-refractivity contribution in [2.75, 3.05) is 7.11 Å². The highest BCUT2D eigenvalue weighted by Crippen LogP contribution is 2.23. The summed E-state index contributed by atoms with van der Waals surface area (Å²) in [6.07, 6.45) is 0. The normalized spacial score (nSPS) is 11.5. The van der Waals surface area contributed by atoms with E-state index < -0.39 is 0 Å². The highest BCUT2D eigenvalue weighted by Gasteiger charge is 2.01. The van der Waals surface area contributed by atoms with Crippen LogP contribution in [0.2, 0.25) is 0 Å². The molecule has 0 amide bonds. The Morgan fingerprint density at radius 1 is 1.50 bits per heavy atom. The van der Waals surface area contributed by atoms with Gasteiger partial charge in [-0.25, -0.2) is 4.99 Å². The van der Waals surface area contributed by atoms with Crippen molar-refractivity contribution in [1.29, 1.82) is 0 Å². The lowest BCUT2D eigenvalue weighted by Gasteiger charge is -2.06. The van der Waals surface area contributed by atoms with Crippen LogP contribution >= 0.6 is 0 Å². The average molecular weight is 193 g/mol. The summed E-state index contributed by atoms with van der Waals surface area (Å²) in [5.74, 6) is 1.30. The lowest BCUT2D eigenvalue weighted by atomic mass is 10.2. The summed E-state index contributed by atoms with van der Waals surface area (Å²) >= 11 is 0. The van der Waals surface area contributed by atoms with Crippen molar-refractivity contribution in [2.24, 2.45) is 16.5 Å². The van der Waals surface area contributed by atoms with E-state index in [9.17, 15) is 0 Å². The third-order valence-electron chi connectivity index (χ3n) is 1.79. The molecule has 14 heavy (non-hydrogen) atoms. The predicted octanol–water partition coefficient (Wildman–Crippen LogP) is 1.16. The van der Waals surface area contributed by atoms with Crippen molar-refractivity contribution in [1.82, 2.24) is 0 Å². The van der Waals surface area contributed by atoms with Crippen LogP contribution in [0.4, 0.5) is 5.69 Å². The molecular formula is C10H15N3O. The van der Waals surface area contributed by atoms with Crippen molar-refractivity contribution in [3.8, 4) is 5.75 Å². The van der Waals surface area contributed by atoms with Crippen LogP contribution in [0, 0.1) is 0 Å². The number of aliphatic imine (C=N–C) groups is 1. The number of rotatable bonds is 3. The third-order valence-corrected chi connectivity index (χ3v) is 1.79. The highest BCUT2D eigenvalue weighted by molar-refractivity contribution is 5.80. The van der Waals surface area contributed by atoms with E-state index in [4.69, 9.17) is 16.2 Å². The molecule has 0 atom stereocenters. The van der Waals surface area contributed by atoms with Gasteiger partial charge < -0.3 is 16.2 Å². The first-order valence-electron chi connectivity index (χ1n) is 4.35. The largest absolute Gasteiger partial charge is 0.496 e. The zero-order valence-corrected chi connectivity index (χ0v) is 8.45. The fraction of sp³-hybridized carbons (Fsp3) is 0.300. The Balaban J connectivity index is 3.07. The Hall–Kier alpha value is -1.55. The molecule has 0 aromatic heterocycles. The molecular weight excluding hydrogens is 178 g/mol. The number of benzene rings is 1. The molecule has 0 aliphatic heterocycles. The monoisotopic (exact) mass is 193 g/mol. The Bertz CT molecular complexity index is 343. The summed E-state index contributed by atoms with van der Waals surface area (Å²) in [7, 11) is 1.62. The van der Waals surface area contributed by atoms with Gasteiger partial charge >= 0.3 is 0 Å². The molecule has 0 unspecified atom stereocenters. The van der Waals surface area contributed by atoms with Gasteiger partial charge in [0.1, 0.15) is 5.75 Å². The topological polar surface area (TPSA) is 73.6 Å². The van der Waals surface area contributed by atoms with Crippen molar-refractivity contribution < 1.29 is 4.74 Å². The van der Waals surface area contributed by atoms with Crippen LogP contribution in [0.3, 0.4) is 0 Å². The third kappa shape index (κ3) is 2.47. The first-order valence-corrected chi connectivity index (χ1v) is 4.35. The Labute approximate surface area is 83.6 Å². The van der Waals surface area contributed by atoms with Gasteiger partial charge in [-0.3, -0.25) is 0 Å². The summed E-state index contributed by atoms with van der Waals surface area (Å²) in [4.78, 5) is 4.13. The van der Waals surface area contributed by atoms with Crippen molar-refractivity contribution in [2.45, 2.75) is 13.5 Å². The molecule has 4 N–H and O–H groups in total. The second kappa shape index (κ2) is 4.62. The van der Waals surface area contributed by atoms with Crippen LogP contribution in [0.1, 0.15) is 12.5 Å². The highest BCUT2D eigenvalue weighted by atomic mass is 16.5. The SMILES string of the molecule is COc1ccc(N=C(C)N)cc1CN. The van der Waals surface area contributed by atoms with Gasteiger partial charge in [0.15, 0.2) is 0 Å². The van der Waals surface area contributed by atoms with Gasteiger partial charge in [-0.05, 0) is 25.1 Å². The number of hydrogen-bond acceptors (Lipinski definition) is 3. The molecule has 0 fully saturated rings. The molecule has 4 heteroatoms. The number of ether oxygens (including phenoxy) is 1. The van der Waals surface area contributed by atoms with Crippen LogP contribution < -0.4 is 16.2 Å². The second-order valence-corrected chi connectivity index (χ2v) is 2.95. The molecule has 0 aliphatic carbocycles. The van der Waals surface area contributed by atoms with E-state index in [1.807, 2.05) is 18.2 Å². The van der Waals surface area contributed by atoms with Crippen LogP contribution in [0.15, 0.2) is 23.2 Å².